The van der Waals surface area contributed by atoms with Gasteiger partial charge in [0, 0.05) is 10.8 Å². The minimum atomic E-state index is -1.01. The molecule has 376 valence electrons. The number of benzene rings is 4. The zero-order valence-corrected chi connectivity index (χ0v) is 41.6. The van der Waals surface area contributed by atoms with Gasteiger partial charge >= 0.3 is 11.9 Å². The Bertz CT molecular complexity index is 2310. The predicted molar refractivity (Wildman–Crippen MR) is 267 cm³/mol. The molecule has 0 radical (unpaired) electrons. The molecule has 0 aromatic heterocycles. The van der Waals surface area contributed by atoms with Gasteiger partial charge in [-0.1, -0.05) is 121 Å². The third-order valence-electron chi connectivity index (χ3n) is 13.9. The van der Waals surface area contributed by atoms with Crippen LogP contribution in [0.1, 0.15) is 89.5 Å². The number of carbonyl (C=O) groups excluding carboxylic acids is 2. The Morgan fingerprint density at radius 1 is 0.571 bits per heavy atom. The Labute approximate surface area is 413 Å². The Morgan fingerprint density at radius 2 is 0.957 bits per heavy atom. The summed E-state index contributed by atoms with van der Waals surface area (Å²) in [4.78, 5) is 26.0. The quantitative estimate of drug-likeness (QED) is 0.0333. The molecule has 1 aliphatic carbocycles. The maximum absolute atomic E-state index is 13.2. The van der Waals surface area contributed by atoms with E-state index in [0.29, 0.717) is 30.6 Å². The van der Waals surface area contributed by atoms with E-state index >= 15 is 0 Å². The van der Waals surface area contributed by atoms with Crippen LogP contribution < -0.4 is 18.9 Å². The number of esters is 2. The number of carbonyl (C=O) groups is 2. The second kappa shape index (κ2) is 24.4. The number of aliphatic hydroxyl groups excluding tert-OH is 2. The first kappa shape index (κ1) is 52.2. The number of hydrogen-bond donors (Lipinski definition) is 2. The standard InChI is InChI=1S/C58H72O12/c1-7-39-12-13-40(30-56(62)70-34-46(60)32-64-48-24-16-42(17-25-48)58(5,6)44-20-28-50(29-21-44)66-36-52-38-68-52)54(53(39)8-2)10-9-11-55(61)69-33-45(59)31-63-47-22-14-41(15-23-47)57(3,4)43-18-26-49(27-19-43)65-35-51-37-67-51/h9-10,12-29,39-40,45-46,51-54,59-60H,7-8,11,30-38H2,1-6H3. The fraction of sp³-hybridized carbons (Fsp3) is 0.483. The van der Waals surface area contributed by atoms with Crippen LogP contribution in [0, 0.1) is 23.7 Å². The van der Waals surface area contributed by atoms with E-state index in [9.17, 15) is 19.8 Å². The van der Waals surface area contributed by atoms with E-state index in [1.165, 1.54) is 0 Å². The average Bonchev–Trinajstić information content (AvgIpc) is 4.33. The van der Waals surface area contributed by atoms with Gasteiger partial charge in [-0.25, -0.2) is 0 Å². The molecule has 12 heteroatoms. The summed E-state index contributed by atoms with van der Waals surface area (Å²) in [5.74, 6) is 2.41. The van der Waals surface area contributed by atoms with Gasteiger partial charge in [0.05, 0.1) is 26.1 Å². The molecular formula is C58H72O12. The summed E-state index contributed by atoms with van der Waals surface area (Å²) in [5.41, 5.74) is 3.98. The summed E-state index contributed by atoms with van der Waals surface area (Å²) in [6.45, 7) is 15.1. The molecule has 2 saturated heterocycles. The first-order valence-corrected chi connectivity index (χ1v) is 24.9. The molecule has 3 aliphatic rings. The van der Waals surface area contributed by atoms with Crippen molar-refractivity contribution in [3.63, 3.8) is 0 Å². The highest BCUT2D eigenvalue weighted by atomic mass is 16.6. The third-order valence-corrected chi connectivity index (χ3v) is 13.9. The van der Waals surface area contributed by atoms with Crippen molar-refractivity contribution in [2.24, 2.45) is 23.7 Å². The van der Waals surface area contributed by atoms with Gasteiger partial charge in [-0.2, -0.15) is 0 Å². The maximum Gasteiger partial charge on any atom is 0.309 e. The van der Waals surface area contributed by atoms with Gasteiger partial charge in [0.25, 0.3) is 0 Å². The number of aliphatic hydroxyl groups is 2. The lowest BCUT2D eigenvalue weighted by Gasteiger charge is -2.37. The van der Waals surface area contributed by atoms with Crippen molar-refractivity contribution in [3.8, 4) is 23.0 Å². The Morgan fingerprint density at radius 3 is 1.34 bits per heavy atom. The summed E-state index contributed by atoms with van der Waals surface area (Å²) in [6, 6.07) is 31.8. The fourth-order valence-corrected chi connectivity index (χ4v) is 9.07. The summed E-state index contributed by atoms with van der Waals surface area (Å²) in [5, 5.41) is 21.3. The molecule has 4 aromatic rings. The Balaban J connectivity index is 0.810. The first-order valence-electron chi connectivity index (χ1n) is 24.9. The topological polar surface area (TPSA) is 155 Å². The van der Waals surface area contributed by atoms with Gasteiger partial charge < -0.3 is 48.1 Å². The summed E-state index contributed by atoms with van der Waals surface area (Å²) >= 11 is 0. The van der Waals surface area contributed by atoms with E-state index in [1.807, 2.05) is 78.9 Å². The molecule has 0 bridgehead atoms. The molecule has 0 amide bonds. The van der Waals surface area contributed by atoms with Crippen molar-refractivity contribution in [2.75, 3.05) is 52.9 Å². The van der Waals surface area contributed by atoms with Crippen LogP contribution in [0.5, 0.6) is 23.0 Å². The van der Waals surface area contributed by atoms with E-state index in [2.05, 4.69) is 78.0 Å². The highest BCUT2D eigenvalue weighted by molar-refractivity contribution is 5.71. The first-order chi connectivity index (χ1) is 33.7. The van der Waals surface area contributed by atoms with Crippen molar-refractivity contribution in [2.45, 2.75) is 102 Å². The molecule has 0 saturated carbocycles. The minimum absolute atomic E-state index is 0.00834. The van der Waals surface area contributed by atoms with E-state index in [0.717, 1.165) is 59.8 Å². The molecule has 8 unspecified atom stereocenters. The molecule has 2 N–H and O–H groups in total. The lowest BCUT2D eigenvalue weighted by molar-refractivity contribution is -0.148. The molecule has 12 nitrogen and oxygen atoms in total. The Hall–Kier alpha value is -5.66. The highest BCUT2D eigenvalue weighted by Gasteiger charge is 2.35. The number of rotatable bonds is 27. The van der Waals surface area contributed by atoms with Crippen LogP contribution in [-0.2, 0) is 39.4 Å². The van der Waals surface area contributed by atoms with Crippen molar-refractivity contribution in [1.82, 2.24) is 0 Å². The van der Waals surface area contributed by atoms with Crippen LogP contribution in [0.25, 0.3) is 0 Å². The van der Waals surface area contributed by atoms with E-state index < -0.39 is 24.1 Å². The third kappa shape index (κ3) is 14.9. The van der Waals surface area contributed by atoms with Crippen LogP contribution in [-0.4, -0.2) is 99.4 Å². The number of hydrogen-bond acceptors (Lipinski definition) is 12. The summed E-state index contributed by atoms with van der Waals surface area (Å²) < 4.78 is 44.7. The SMILES string of the molecule is CCC1C=CC(CC(=O)OCC(O)COc2ccc(C(C)(C)c3ccc(OCC4CO4)cc3)cc2)C(C=CCC(=O)OCC(O)COc2ccc(C(C)(C)c3ccc(OCC4CO4)cc3)cc2)C1CC. The van der Waals surface area contributed by atoms with Gasteiger partial charge in [-0.05, 0) is 101 Å². The van der Waals surface area contributed by atoms with Crippen LogP contribution in [0.4, 0.5) is 0 Å². The fourth-order valence-electron chi connectivity index (χ4n) is 9.07. The molecule has 2 fully saturated rings. The molecule has 7 rings (SSSR count). The van der Waals surface area contributed by atoms with Crippen LogP contribution in [0.2, 0.25) is 0 Å². The lowest BCUT2D eigenvalue weighted by Crippen LogP contribution is -2.32. The molecule has 0 spiro atoms. The molecule has 2 heterocycles. The van der Waals surface area contributed by atoms with Crippen LogP contribution in [0.15, 0.2) is 121 Å². The normalized spacial score (nSPS) is 21.7. The van der Waals surface area contributed by atoms with E-state index in [-0.39, 0.29) is 80.1 Å². The molecule has 70 heavy (non-hydrogen) atoms. The average molecular weight is 961 g/mol. The largest absolute Gasteiger partial charge is 0.491 e. The molecular weight excluding hydrogens is 889 g/mol. The van der Waals surface area contributed by atoms with Crippen LogP contribution >= 0.6 is 0 Å². The van der Waals surface area contributed by atoms with Crippen molar-refractivity contribution < 1.29 is 57.7 Å². The monoisotopic (exact) mass is 961 g/mol. The maximum atomic E-state index is 13.2. The predicted octanol–water partition coefficient (Wildman–Crippen LogP) is 9.35. The second-order valence-electron chi connectivity index (χ2n) is 19.8. The molecule has 2 aliphatic heterocycles. The van der Waals surface area contributed by atoms with Crippen LogP contribution in [0.3, 0.4) is 0 Å². The van der Waals surface area contributed by atoms with Crippen molar-refractivity contribution >= 4 is 11.9 Å². The molecule has 8 atom stereocenters. The number of ether oxygens (including phenoxy) is 8. The van der Waals surface area contributed by atoms with E-state index in [1.54, 1.807) is 6.08 Å². The molecule has 4 aromatic carbocycles. The minimum Gasteiger partial charge on any atom is -0.491 e. The van der Waals surface area contributed by atoms with Gasteiger partial charge in [0.1, 0.15) is 87.1 Å². The zero-order valence-electron chi connectivity index (χ0n) is 41.6. The van der Waals surface area contributed by atoms with Gasteiger partial charge in [0.15, 0.2) is 0 Å². The lowest BCUT2D eigenvalue weighted by atomic mass is 9.67. The second-order valence-corrected chi connectivity index (χ2v) is 19.8. The van der Waals surface area contributed by atoms with Gasteiger partial charge in [-0.15, -0.1) is 0 Å². The zero-order chi connectivity index (χ0) is 49.7. The Kier molecular flexibility index (Phi) is 18.2. The summed E-state index contributed by atoms with van der Waals surface area (Å²) in [6.07, 6.45) is 8.49. The number of epoxide rings is 2. The summed E-state index contributed by atoms with van der Waals surface area (Å²) in [7, 11) is 0. The van der Waals surface area contributed by atoms with Gasteiger partial charge in [-0.3, -0.25) is 9.59 Å². The van der Waals surface area contributed by atoms with E-state index in [4.69, 9.17) is 37.9 Å². The van der Waals surface area contributed by atoms with Gasteiger partial charge in [0.2, 0.25) is 0 Å². The highest BCUT2D eigenvalue weighted by Crippen LogP contribution is 2.41. The number of allylic oxidation sites excluding steroid dienone is 3. The van der Waals surface area contributed by atoms with Crippen molar-refractivity contribution in [3.05, 3.63) is 144 Å². The van der Waals surface area contributed by atoms with Crippen molar-refractivity contribution in [1.29, 1.82) is 0 Å². The smallest absolute Gasteiger partial charge is 0.309 e.